The van der Waals surface area contributed by atoms with E-state index in [1.165, 1.54) is 11.9 Å². The number of carbonyl (C=O) groups is 2. The second kappa shape index (κ2) is 8.99. The number of hydrogen-bond donors (Lipinski definition) is 0. The van der Waals surface area contributed by atoms with E-state index in [0.717, 1.165) is 10.0 Å². The summed E-state index contributed by atoms with van der Waals surface area (Å²) in [6.45, 7) is -0.462. The number of ether oxygens (including phenoxy) is 1. The van der Waals surface area contributed by atoms with Crippen LogP contribution in [-0.2, 0) is 19.4 Å². The Balaban J connectivity index is 1.55. The van der Waals surface area contributed by atoms with Crippen molar-refractivity contribution in [2.24, 2.45) is 0 Å². The van der Waals surface area contributed by atoms with Gasteiger partial charge in [0.2, 0.25) is 0 Å². The first kappa shape index (κ1) is 22.4. The minimum Gasteiger partial charge on any atom is -0.452 e. The van der Waals surface area contributed by atoms with Crippen molar-refractivity contribution in [3.63, 3.8) is 0 Å². The highest BCUT2D eigenvalue weighted by Gasteiger charge is 2.33. The molecule has 1 fully saturated rings. The molecule has 166 valence electrons. The van der Waals surface area contributed by atoms with Crippen molar-refractivity contribution >= 4 is 48.5 Å². The number of halogens is 1. The lowest BCUT2D eigenvalue weighted by Gasteiger charge is -2.23. The van der Waals surface area contributed by atoms with Crippen LogP contribution in [-0.4, -0.2) is 61.4 Å². The van der Waals surface area contributed by atoms with E-state index in [-0.39, 0.29) is 11.5 Å². The molecule has 0 spiro atoms. The zero-order valence-electron chi connectivity index (χ0n) is 17.3. The fraction of sp³-hybridized carbons (Fsp3) is 0.261. The van der Waals surface area contributed by atoms with Crippen LogP contribution < -0.4 is 0 Å². The van der Waals surface area contributed by atoms with Gasteiger partial charge in [-0.3, -0.25) is 4.79 Å². The molecule has 1 atom stereocenters. The molecule has 2 heterocycles. The highest BCUT2D eigenvalue weighted by molar-refractivity contribution is 9.10. The fourth-order valence-electron chi connectivity index (χ4n) is 3.70. The van der Waals surface area contributed by atoms with Crippen molar-refractivity contribution in [3.8, 4) is 11.3 Å². The van der Waals surface area contributed by atoms with Crippen molar-refractivity contribution in [1.29, 1.82) is 0 Å². The van der Waals surface area contributed by atoms with Gasteiger partial charge in [0, 0.05) is 28.5 Å². The molecule has 32 heavy (non-hydrogen) atoms. The number of carbonyl (C=O) groups excluding carboxylic acids is 2. The number of benzene rings is 2. The summed E-state index contributed by atoms with van der Waals surface area (Å²) in [7, 11) is -1.58. The Kier molecular flexibility index (Phi) is 6.30. The first-order chi connectivity index (χ1) is 15.2. The van der Waals surface area contributed by atoms with Gasteiger partial charge < -0.3 is 9.64 Å². The average molecular weight is 517 g/mol. The van der Waals surface area contributed by atoms with Gasteiger partial charge in [0.15, 0.2) is 16.4 Å². The molecule has 1 aliphatic heterocycles. The summed E-state index contributed by atoms with van der Waals surface area (Å²) in [5.74, 6) is -1.07. The van der Waals surface area contributed by atoms with Crippen LogP contribution in [0.4, 0.5) is 0 Å². The molecule has 1 aliphatic rings. The fourth-order valence-corrected chi connectivity index (χ4v) is 5.74. The van der Waals surface area contributed by atoms with E-state index in [4.69, 9.17) is 4.74 Å². The molecule has 1 aromatic heterocycles. The van der Waals surface area contributed by atoms with Gasteiger partial charge in [-0.1, -0.05) is 46.3 Å². The third-order valence-corrected chi connectivity index (χ3v) is 7.83. The second-order valence-electron chi connectivity index (χ2n) is 7.72. The van der Waals surface area contributed by atoms with Crippen molar-refractivity contribution < 1.29 is 22.7 Å². The molecular weight excluding hydrogens is 496 g/mol. The number of likely N-dealkylation sites (N-methyl/N-ethyl adjacent to an activating group) is 1. The molecular formula is C23H21BrN2O5S. The smallest absolute Gasteiger partial charge is 0.339 e. The van der Waals surface area contributed by atoms with Crippen LogP contribution in [0.15, 0.2) is 59.1 Å². The minimum atomic E-state index is -3.12. The third-order valence-electron chi connectivity index (χ3n) is 5.55. The Morgan fingerprint density at radius 1 is 1.16 bits per heavy atom. The van der Waals surface area contributed by atoms with Crippen molar-refractivity contribution in [3.05, 3.63) is 64.6 Å². The van der Waals surface area contributed by atoms with Crippen LogP contribution in [0.25, 0.3) is 22.2 Å². The molecule has 0 bridgehead atoms. The summed E-state index contributed by atoms with van der Waals surface area (Å²) in [6, 6.07) is 16.1. The highest BCUT2D eigenvalue weighted by Crippen LogP contribution is 2.26. The van der Waals surface area contributed by atoms with Crippen LogP contribution in [0, 0.1) is 0 Å². The van der Waals surface area contributed by atoms with Gasteiger partial charge in [-0.2, -0.15) is 0 Å². The summed E-state index contributed by atoms with van der Waals surface area (Å²) in [5.41, 5.74) is 2.40. The standard InChI is InChI=1S/C23H21BrN2O5S/c1-26(17-10-11-32(29,30)14-17)22(27)13-31-23(28)19-12-21(15-6-8-16(24)9-7-15)25-20-5-3-2-4-18(19)20/h2-9,12,17H,10-11,13-14H2,1H3. The lowest BCUT2D eigenvalue weighted by molar-refractivity contribution is -0.134. The van der Waals surface area contributed by atoms with Crippen molar-refractivity contribution in [2.45, 2.75) is 12.5 Å². The van der Waals surface area contributed by atoms with Crippen LogP contribution in [0.3, 0.4) is 0 Å². The zero-order chi connectivity index (χ0) is 22.9. The Morgan fingerprint density at radius 2 is 1.88 bits per heavy atom. The summed E-state index contributed by atoms with van der Waals surface area (Å²) >= 11 is 3.41. The molecule has 9 heteroatoms. The van der Waals surface area contributed by atoms with Gasteiger partial charge in [0.05, 0.1) is 28.3 Å². The van der Waals surface area contributed by atoms with Crippen molar-refractivity contribution in [1.82, 2.24) is 9.88 Å². The monoisotopic (exact) mass is 516 g/mol. The maximum atomic E-state index is 12.9. The summed E-state index contributed by atoms with van der Waals surface area (Å²) < 4.78 is 29.6. The number of sulfone groups is 1. The second-order valence-corrected chi connectivity index (χ2v) is 10.9. The van der Waals surface area contributed by atoms with Crippen LogP contribution in [0.5, 0.6) is 0 Å². The predicted molar refractivity (Wildman–Crippen MR) is 125 cm³/mol. The number of fused-ring (bicyclic) bond motifs is 1. The quantitative estimate of drug-likeness (QED) is 0.482. The number of aromatic nitrogens is 1. The average Bonchev–Trinajstić information content (AvgIpc) is 3.16. The Hall–Kier alpha value is -2.78. The van der Waals surface area contributed by atoms with Crippen LogP contribution in [0.1, 0.15) is 16.8 Å². The van der Waals surface area contributed by atoms with Crippen molar-refractivity contribution in [2.75, 3.05) is 25.2 Å². The van der Waals surface area contributed by atoms with Gasteiger partial charge >= 0.3 is 5.97 Å². The van der Waals surface area contributed by atoms with Gasteiger partial charge in [-0.05, 0) is 30.7 Å². The first-order valence-corrected chi connectivity index (χ1v) is 12.6. The van der Waals surface area contributed by atoms with E-state index in [1.807, 2.05) is 36.4 Å². The van der Waals surface area contributed by atoms with E-state index in [9.17, 15) is 18.0 Å². The first-order valence-electron chi connectivity index (χ1n) is 10.0. The van der Waals surface area contributed by atoms with E-state index < -0.39 is 34.4 Å². The number of esters is 1. The SMILES string of the molecule is CN(C(=O)COC(=O)c1cc(-c2ccc(Br)cc2)nc2ccccc12)C1CCS(=O)(=O)C1. The summed E-state index contributed by atoms with van der Waals surface area (Å²) in [5, 5.41) is 0.626. The number of amides is 1. The van der Waals surface area contributed by atoms with Gasteiger partial charge in [-0.15, -0.1) is 0 Å². The van der Waals surface area contributed by atoms with E-state index in [0.29, 0.717) is 28.6 Å². The molecule has 2 aromatic carbocycles. The van der Waals surface area contributed by atoms with E-state index >= 15 is 0 Å². The molecule has 7 nitrogen and oxygen atoms in total. The maximum absolute atomic E-state index is 12.9. The summed E-state index contributed by atoms with van der Waals surface area (Å²) in [4.78, 5) is 31.4. The molecule has 1 saturated heterocycles. The maximum Gasteiger partial charge on any atom is 0.339 e. The molecule has 1 unspecified atom stereocenters. The number of para-hydroxylation sites is 1. The van der Waals surface area contributed by atoms with Crippen LogP contribution in [0.2, 0.25) is 0 Å². The molecule has 1 amide bonds. The Labute approximate surface area is 194 Å². The molecule has 3 aromatic rings. The van der Waals surface area contributed by atoms with Crippen LogP contribution >= 0.6 is 15.9 Å². The zero-order valence-corrected chi connectivity index (χ0v) is 19.7. The Bertz CT molecular complexity index is 1290. The number of pyridine rings is 1. The topological polar surface area (TPSA) is 93.6 Å². The van der Waals surface area contributed by atoms with E-state index in [1.54, 1.807) is 18.2 Å². The Morgan fingerprint density at radius 3 is 2.56 bits per heavy atom. The number of nitrogens with zero attached hydrogens (tertiary/aromatic N) is 2. The van der Waals surface area contributed by atoms with Gasteiger partial charge in [-0.25, -0.2) is 18.2 Å². The number of hydrogen-bond acceptors (Lipinski definition) is 6. The van der Waals surface area contributed by atoms with E-state index in [2.05, 4.69) is 20.9 Å². The normalized spacial score (nSPS) is 17.2. The lowest BCUT2D eigenvalue weighted by Crippen LogP contribution is -2.40. The molecule has 0 N–H and O–H groups in total. The largest absolute Gasteiger partial charge is 0.452 e. The highest BCUT2D eigenvalue weighted by atomic mass is 79.9. The molecule has 4 rings (SSSR count). The van der Waals surface area contributed by atoms with Gasteiger partial charge in [0.25, 0.3) is 5.91 Å². The third kappa shape index (κ3) is 4.83. The minimum absolute atomic E-state index is 0.0608. The molecule has 0 saturated carbocycles. The molecule has 0 aliphatic carbocycles. The number of rotatable bonds is 5. The lowest BCUT2D eigenvalue weighted by atomic mass is 10.0. The van der Waals surface area contributed by atoms with Gasteiger partial charge in [0.1, 0.15) is 0 Å². The predicted octanol–water partition coefficient (Wildman–Crippen LogP) is 3.47. The molecule has 0 radical (unpaired) electrons. The summed E-state index contributed by atoms with van der Waals surface area (Å²) in [6.07, 6.45) is 0.393.